The van der Waals surface area contributed by atoms with E-state index < -0.39 is 0 Å². The van der Waals surface area contributed by atoms with Crippen molar-refractivity contribution in [2.24, 2.45) is 0 Å². The Labute approximate surface area is 147 Å². The van der Waals surface area contributed by atoms with Gasteiger partial charge in [-0.05, 0) is 44.4 Å². The number of aryl methyl sites for hydroxylation is 3. The molecule has 1 amide bonds. The molecule has 1 N–H and O–H groups in total. The molecule has 1 heterocycles. The molecule has 25 heavy (non-hydrogen) atoms. The molecule has 0 saturated carbocycles. The highest BCUT2D eigenvalue weighted by Crippen LogP contribution is 2.26. The van der Waals surface area contributed by atoms with Crippen LogP contribution in [0.3, 0.4) is 0 Å². The van der Waals surface area contributed by atoms with Gasteiger partial charge >= 0.3 is 0 Å². The topological polar surface area (TPSA) is 55.1 Å². The van der Waals surface area contributed by atoms with E-state index in [1.807, 2.05) is 43.3 Å². The van der Waals surface area contributed by atoms with Gasteiger partial charge in [0.25, 0.3) is 5.91 Å². The first-order chi connectivity index (χ1) is 12.0. The zero-order valence-corrected chi connectivity index (χ0v) is 15.0. The van der Waals surface area contributed by atoms with Gasteiger partial charge in [0, 0.05) is 5.56 Å². The highest BCUT2D eigenvalue weighted by atomic mass is 16.5. The first kappa shape index (κ1) is 17.0. The summed E-state index contributed by atoms with van der Waals surface area (Å²) in [6.07, 6.45) is 0. The van der Waals surface area contributed by atoms with E-state index >= 15 is 0 Å². The molecule has 0 spiro atoms. The fourth-order valence-corrected chi connectivity index (χ4v) is 2.82. The van der Waals surface area contributed by atoms with Gasteiger partial charge in [-0.25, -0.2) is 0 Å². The first-order valence-corrected chi connectivity index (χ1v) is 8.37. The number of nitrogens with one attached hydrogen (secondary N) is 1. The van der Waals surface area contributed by atoms with Crippen LogP contribution in [0.15, 0.2) is 53.1 Å². The maximum absolute atomic E-state index is 12.8. The molecule has 0 unspecified atom stereocenters. The number of hydrogen-bond donors (Lipinski definition) is 1. The van der Waals surface area contributed by atoms with E-state index in [0.29, 0.717) is 17.0 Å². The van der Waals surface area contributed by atoms with Crippen LogP contribution in [0.4, 0.5) is 0 Å². The minimum atomic E-state index is -0.177. The van der Waals surface area contributed by atoms with Gasteiger partial charge < -0.3 is 9.84 Å². The zero-order chi connectivity index (χ0) is 18.0. The second kappa shape index (κ2) is 6.93. The lowest BCUT2D eigenvalue weighted by Gasteiger charge is -2.16. The van der Waals surface area contributed by atoms with Crippen LogP contribution in [0, 0.1) is 20.8 Å². The number of hydrogen-bond acceptors (Lipinski definition) is 3. The van der Waals surface area contributed by atoms with Gasteiger partial charge in [0.2, 0.25) is 0 Å². The van der Waals surface area contributed by atoms with Crippen LogP contribution in [0.25, 0.3) is 11.3 Å². The SMILES string of the molecule is Cc1ccc([C@@H](C)NC(=O)c2c(-c3ccccc3)noc2C)cc1C. The van der Waals surface area contributed by atoms with Crippen molar-refractivity contribution in [1.29, 1.82) is 0 Å². The number of amides is 1. The van der Waals surface area contributed by atoms with E-state index in [0.717, 1.165) is 11.1 Å². The molecule has 2 aromatic carbocycles. The standard InChI is InChI=1S/C21H22N2O2/c1-13-10-11-18(12-14(13)2)15(3)22-21(24)19-16(4)25-23-20(19)17-8-6-5-7-9-17/h5-12,15H,1-4H3,(H,22,24)/t15-/m1/s1. The summed E-state index contributed by atoms with van der Waals surface area (Å²) in [5.74, 6) is 0.340. The molecule has 0 bridgehead atoms. The Hall–Kier alpha value is -2.88. The lowest BCUT2D eigenvalue weighted by Crippen LogP contribution is -2.27. The second-order valence-electron chi connectivity index (χ2n) is 6.37. The smallest absolute Gasteiger partial charge is 0.257 e. The van der Waals surface area contributed by atoms with E-state index in [2.05, 4.69) is 36.5 Å². The van der Waals surface area contributed by atoms with Crippen LogP contribution >= 0.6 is 0 Å². The molecule has 1 atom stereocenters. The first-order valence-electron chi connectivity index (χ1n) is 8.37. The van der Waals surface area contributed by atoms with E-state index in [4.69, 9.17) is 4.52 Å². The molecular weight excluding hydrogens is 312 g/mol. The van der Waals surface area contributed by atoms with Crippen molar-refractivity contribution in [1.82, 2.24) is 10.5 Å². The molecule has 0 radical (unpaired) electrons. The molecule has 0 aliphatic rings. The number of carbonyl (C=O) groups excluding carboxylic acids is 1. The number of carbonyl (C=O) groups is 1. The summed E-state index contributed by atoms with van der Waals surface area (Å²) < 4.78 is 5.28. The summed E-state index contributed by atoms with van der Waals surface area (Å²) in [6.45, 7) is 7.89. The molecule has 1 aromatic heterocycles. The predicted molar refractivity (Wildman–Crippen MR) is 98.5 cm³/mol. The van der Waals surface area contributed by atoms with Crippen LogP contribution in [-0.4, -0.2) is 11.1 Å². The van der Waals surface area contributed by atoms with E-state index in [9.17, 15) is 4.79 Å². The van der Waals surface area contributed by atoms with Crippen LogP contribution in [-0.2, 0) is 0 Å². The van der Waals surface area contributed by atoms with Gasteiger partial charge in [0.1, 0.15) is 17.0 Å². The molecular formula is C21H22N2O2. The van der Waals surface area contributed by atoms with Crippen molar-refractivity contribution in [3.63, 3.8) is 0 Å². The highest BCUT2D eigenvalue weighted by Gasteiger charge is 2.23. The van der Waals surface area contributed by atoms with Crippen molar-refractivity contribution >= 4 is 5.91 Å². The van der Waals surface area contributed by atoms with Crippen LogP contribution in [0.5, 0.6) is 0 Å². The monoisotopic (exact) mass is 334 g/mol. The summed E-state index contributed by atoms with van der Waals surface area (Å²) in [5, 5.41) is 7.13. The molecule has 4 nitrogen and oxygen atoms in total. The molecule has 0 fully saturated rings. The van der Waals surface area contributed by atoms with Gasteiger partial charge in [0.15, 0.2) is 0 Å². The minimum absolute atomic E-state index is 0.107. The van der Waals surface area contributed by atoms with Gasteiger partial charge in [-0.15, -0.1) is 0 Å². The lowest BCUT2D eigenvalue weighted by atomic mass is 10.0. The van der Waals surface area contributed by atoms with Gasteiger partial charge in [-0.1, -0.05) is 53.7 Å². The van der Waals surface area contributed by atoms with Crippen LogP contribution in [0.2, 0.25) is 0 Å². The second-order valence-corrected chi connectivity index (χ2v) is 6.37. The van der Waals surface area contributed by atoms with Crippen molar-refractivity contribution in [2.75, 3.05) is 0 Å². The average molecular weight is 334 g/mol. The summed E-state index contributed by atoms with van der Waals surface area (Å²) in [6, 6.07) is 15.7. The van der Waals surface area contributed by atoms with Crippen molar-refractivity contribution in [2.45, 2.75) is 33.7 Å². The maximum Gasteiger partial charge on any atom is 0.257 e. The van der Waals surface area contributed by atoms with Gasteiger partial charge in [-0.3, -0.25) is 4.79 Å². The largest absolute Gasteiger partial charge is 0.360 e. The molecule has 128 valence electrons. The summed E-state index contributed by atoms with van der Waals surface area (Å²) in [7, 11) is 0. The average Bonchev–Trinajstić information content (AvgIpc) is 2.99. The Morgan fingerprint density at radius 3 is 2.44 bits per heavy atom. The number of aromatic nitrogens is 1. The van der Waals surface area contributed by atoms with Crippen molar-refractivity contribution in [3.8, 4) is 11.3 Å². The van der Waals surface area contributed by atoms with Crippen molar-refractivity contribution < 1.29 is 9.32 Å². The third-order valence-electron chi connectivity index (χ3n) is 4.52. The van der Waals surface area contributed by atoms with E-state index in [1.165, 1.54) is 11.1 Å². The summed E-state index contributed by atoms with van der Waals surface area (Å²) in [5.41, 5.74) is 5.45. The normalized spacial score (nSPS) is 12.0. The molecule has 4 heteroatoms. The zero-order valence-electron chi connectivity index (χ0n) is 15.0. The number of benzene rings is 2. The van der Waals surface area contributed by atoms with E-state index in [-0.39, 0.29) is 11.9 Å². The third kappa shape index (κ3) is 3.48. The summed E-state index contributed by atoms with van der Waals surface area (Å²) in [4.78, 5) is 12.8. The predicted octanol–water partition coefficient (Wildman–Crippen LogP) is 4.76. The van der Waals surface area contributed by atoms with Crippen LogP contribution in [0.1, 0.15) is 45.8 Å². The van der Waals surface area contributed by atoms with Gasteiger partial charge in [0.05, 0.1) is 6.04 Å². The number of nitrogens with zero attached hydrogens (tertiary/aromatic N) is 1. The molecule has 0 aliphatic heterocycles. The molecule has 3 rings (SSSR count). The Morgan fingerprint density at radius 1 is 1.04 bits per heavy atom. The number of rotatable bonds is 4. The van der Waals surface area contributed by atoms with Crippen LogP contribution < -0.4 is 5.32 Å². The van der Waals surface area contributed by atoms with Crippen molar-refractivity contribution in [3.05, 3.63) is 76.5 Å². The fraction of sp³-hybridized carbons (Fsp3) is 0.238. The van der Waals surface area contributed by atoms with E-state index in [1.54, 1.807) is 6.92 Å². The maximum atomic E-state index is 12.8. The molecule has 0 aliphatic carbocycles. The highest BCUT2D eigenvalue weighted by molar-refractivity contribution is 6.00. The van der Waals surface area contributed by atoms with Gasteiger partial charge in [-0.2, -0.15) is 0 Å². The lowest BCUT2D eigenvalue weighted by molar-refractivity contribution is 0.0939. The Bertz CT molecular complexity index is 898. The molecule has 0 saturated heterocycles. The Balaban J connectivity index is 1.86. The minimum Gasteiger partial charge on any atom is -0.360 e. The Morgan fingerprint density at radius 2 is 1.76 bits per heavy atom. The quantitative estimate of drug-likeness (QED) is 0.748. The summed E-state index contributed by atoms with van der Waals surface area (Å²) >= 11 is 0. The third-order valence-corrected chi connectivity index (χ3v) is 4.52. The Kier molecular flexibility index (Phi) is 4.70. The fourth-order valence-electron chi connectivity index (χ4n) is 2.82. The molecule has 3 aromatic rings.